The third-order valence-electron chi connectivity index (χ3n) is 7.91. The first kappa shape index (κ1) is 34.8. The summed E-state index contributed by atoms with van der Waals surface area (Å²) in [6.07, 6.45) is -2.28. The van der Waals surface area contributed by atoms with Crippen LogP contribution in [-0.2, 0) is 22.2 Å². The molecule has 11 heteroatoms. The number of H-pyrrole nitrogens is 1. The van der Waals surface area contributed by atoms with Crippen molar-refractivity contribution in [2.75, 3.05) is 6.54 Å². The molecule has 3 rings (SSSR count). The van der Waals surface area contributed by atoms with Crippen LogP contribution in [0.25, 0.3) is 10.9 Å². The average Bonchev–Trinajstić information content (AvgIpc) is 2.89. The number of rotatable bonds is 10. The molecule has 0 bridgehead atoms. The zero-order valence-electron chi connectivity index (χ0n) is 27.2. The van der Waals surface area contributed by atoms with Gasteiger partial charge in [0.2, 0.25) is 5.56 Å². The Hall–Kier alpha value is -3.67. The molecule has 3 N–H and O–H groups in total. The molecule has 0 saturated heterocycles. The molecule has 10 nitrogen and oxygen atoms in total. The van der Waals surface area contributed by atoms with E-state index < -0.39 is 43.9 Å². The molecule has 240 valence electrons. The molecule has 0 aliphatic rings. The summed E-state index contributed by atoms with van der Waals surface area (Å²) < 4.78 is 17.7. The Labute approximate surface area is 260 Å². The third kappa shape index (κ3) is 8.93. The highest BCUT2D eigenvalue weighted by molar-refractivity contribution is 6.74. The van der Waals surface area contributed by atoms with E-state index in [-0.39, 0.29) is 29.5 Å². The van der Waals surface area contributed by atoms with Gasteiger partial charge in [-0.1, -0.05) is 51.1 Å². The van der Waals surface area contributed by atoms with E-state index in [0.717, 1.165) is 11.1 Å². The van der Waals surface area contributed by atoms with Crippen LogP contribution in [0, 0.1) is 0 Å². The van der Waals surface area contributed by atoms with E-state index in [2.05, 4.69) is 38.8 Å². The Balaban J connectivity index is 2.10. The molecule has 0 aliphatic heterocycles. The van der Waals surface area contributed by atoms with Gasteiger partial charge in [-0.3, -0.25) is 4.79 Å². The van der Waals surface area contributed by atoms with E-state index in [1.165, 1.54) is 11.0 Å². The minimum atomic E-state index is -2.46. The average molecular weight is 627 g/mol. The Morgan fingerprint density at radius 1 is 1.00 bits per heavy atom. The topological polar surface area (TPSA) is 138 Å². The first-order valence-corrected chi connectivity index (χ1v) is 17.6. The number of carbonyl (C=O) groups is 2. The highest BCUT2D eigenvalue weighted by atomic mass is 28.4. The lowest BCUT2D eigenvalue weighted by Crippen LogP contribution is -2.47. The number of carbonyl (C=O) groups excluding carboxylic acids is 1. The molecule has 1 amide bonds. The second kappa shape index (κ2) is 13.5. The predicted octanol–water partition coefficient (Wildman–Crippen LogP) is 7.01. The minimum absolute atomic E-state index is 0.0171. The molecule has 3 aromatic rings. The number of benzene rings is 2. The third-order valence-corrected chi connectivity index (χ3v) is 12.4. The van der Waals surface area contributed by atoms with Crippen molar-refractivity contribution in [1.29, 1.82) is 0 Å². The largest absolute Gasteiger partial charge is 0.514 e. The van der Waals surface area contributed by atoms with E-state index >= 15 is 0 Å². The van der Waals surface area contributed by atoms with Gasteiger partial charge >= 0.3 is 12.2 Å². The molecule has 0 unspecified atom stereocenters. The lowest BCUT2D eigenvalue weighted by molar-refractivity contribution is 0.0208. The maximum absolute atomic E-state index is 12.7. The van der Waals surface area contributed by atoms with Crippen molar-refractivity contribution in [1.82, 2.24) is 9.88 Å². The lowest BCUT2D eigenvalue weighted by atomic mass is 10.0. The SMILES string of the molecule is C[C@H](Cc1cccc(CO)c1)N(C[C@@H](O[Si](C)(C)C(C)(C)C)c1ccc(OC(=O)OC(C)(C)C)c2[nH]c(=O)ccc12)C(=O)O. The monoisotopic (exact) mass is 626 g/mol. The Morgan fingerprint density at radius 2 is 1.66 bits per heavy atom. The van der Waals surface area contributed by atoms with Crippen LogP contribution in [0.3, 0.4) is 0 Å². The van der Waals surface area contributed by atoms with Crippen LogP contribution < -0.4 is 10.3 Å². The van der Waals surface area contributed by atoms with Crippen molar-refractivity contribution in [2.45, 2.75) is 97.4 Å². The summed E-state index contributed by atoms with van der Waals surface area (Å²) in [4.78, 5) is 41.8. The second-order valence-corrected chi connectivity index (χ2v) is 18.4. The zero-order chi connectivity index (χ0) is 33.0. The van der Waals surface area contributed by atoms with Crippen LogP contribution in [0.2, 0.25) is 18.1 Å². The van der Waals surface area contributed by atoms with Gasteiger partial charge < -0.3 is 34.0 Å². The highest BCUT2D eigenvalue weighted by Gasteiger charge is 2.41. The smallest absolute Gasteiger partial charge is 0.465 e. The number of hydrogen-bond donors (Lipinski definition) is 3. The molecule has 0 saturated carbocycles. The maximum atomic E-state index is 12.7. The summed E-state index contributed by atoms with van der Waals surface area (Å²) >= 11 is 0. The summed E-state index contributed by atoms with van der Waals surface area (Å²) in [6, 6.07) is 13.3. The molecule has 1 aromatic heterocycles. The lowest BCUT2D eigenvalue weighted by Gasteiger charge is -2.41. The number of carboxylic acid groups (broad SMARTS) is 1. The Bertz CT molecular complexity index is 1540. The quantitative estimate of drug-likeness (QED) is 0.124. The summed E-state index contributed by atoms with van der Waals surface area (Å²) in [5, 5.41) is 20.3. The second-order valence-electron chi connectivity index (χ2n) is 13.7. The number of pyridine rings is 1. The molecule has 0 spiro atoms. The van der Waals surface area contributed by atoms with Gasteiger partial charge in [0.25, 0.3) is 0 Å². The van der Waals surface area contributed by atoms with Gasteiger partial charge in [0.1, 0.15) is 5.60 Å². The van der Waals surface area contributed by atoms with Crippen molar-refractivity contribution in [3.05, 3.63) is 75.6 Å². The van der Waals surface area contributed by atoms with Crippen LogP contribution in [0.5, 0.6) is 5.75 Å². The van der Waals surface area contributed by atoms with E-state index in [1.54, 1.807) is 39.0 Å². The van der Waals surface area contributed by atoms with Crippen molar-refractivity contribution in [2.24, 2.45) is 0 Å². The van der Waals surface area contributed by atoms with E-state index in [1.807, 2.05) is 31.2 Å². The molecular weight excluding hydrogens is 580 g/mol. The van der Waals surface area contributed by atoms with Crippen LogP contribution >= 0.6 is 0 Å². The molecule has 0 fully saturated rings. The number of aromatic nitrogens is 1. The number of ether oxygens (including phenoxy) is 2. The summed E-state index contributed by atoms with van der Waals surface area (Å²) in [7, 11) is -2.46. The number of aliphatic hydroxyl groups is 1. The number of aromatic amines is 1. The van der Waals surface area contributed by atoms with Gasteiger partial charge in [-0.05, 0) is 81.1 Å². The van der Waals surface area contributed by atoms with E-state index in [9.17, 15) is 24.6 Å². The fourth-order valence-electron chi connectivity index (χ4n) is 4.64. The summed E-state index contributed by atoms with van der Waals surface area (Å²) in [6.45, 7) is 17.4. The van der Waals surface area contributed by atoms with Crippen LogP contribution in [0.15, 0.2) is 53.3 Å². The van der Waals surface area contributed by atoms with Crippen LogP contribution in [0.4, 0.5) is 9.59 Å². The number of amides is 1. The van der Waals surface area contributed by atoms with Crippen molar-refractivity contribution < 1.29 is 33.7 Å². The van der Waals surface area contributed by atoms with Gasteiger partial charge in [-0.15, -0.1) is 0 Å². The fraction of sp³-hybridized carbons (Fsp3) is 0.485. The molecule has 44 heavy (non-hydrogen) atoms. The Kier molecular flexibility index (Phi) is 10.7. The number of nitrogens with one attached hydrogen (secondary N) is 1. The zero-order valence-corrected chi connectivity index (χ0v) is 28.2. The van der Waals surface area contributed by atoms with E-state index in [4.69, 9.17) is 13.9 Å². The van der Waals surface area contributed by atoms with Gasteiger partial charge in [0.05, 0.1) is 24.8 Å². The molecule has 0 aliphatic carbocycles. The minimum Gasteiger partial charge on any atom is -0.465 e. The van der Waals surface area contributed by atoms with E-state index in [0.29, 0.717) is 17.4 Å². The molecule has 1 heterocycles. The number of hydrogen-bond acceptors (Lipinski definition) is 7. The molecule has 0 radical (unpaired) electrons. The number of nitrogens with zero attached hydrogens (tertiary/aromatic N) is 1. The van der Waals surface area contributed by atoms with Crippen LogP contribution in [-0.4, -0.2) is 58.9 Å². The first-order valence-electron chi connectivity index (χ1n) is 14.7. The van der Waals surface area contributed by atoms with Gasteiger partial charge in [-0.25, -0.2) is 9.59 Å². The standard InChI is InChI=1S/C33H46N2O8Si/c1-21(17-22-11-10-12-23(18-22)20-36)35(30(38)39)19-27(43-44(8,9)33(5,6)7)24-13-15-26(41-31(40)42-32(2,3)4)29-25(24)14-16-28(37)34-29/h10-16,18,21,27,36H,17,19-20H2,1-9H3,(H,34,37)(H,38,39)/t21-,27-/m1/s1. The van der Waals surface area contributed by atoms with Gasteiger partial charge in [0.15, 0.2) is 14.1 Å². The van der Waals surface area contributed by atoms with Crippen molar-refractivity contribution in [3.8, 4) is 5.75 Å². The van der Waals surface area contributed by atoms with Gasteiger partial charge in [0, 0.05) is 17.5 Å². The first-order chi connectivity index (χ1) is 20.3. The van der Waals surface area contributed by atoms with Crippen LogP contribution in [0.1, 0.15) is 71.3 Å². The molecule has 2 aromatic carbocycles. The summed E-state index contributed by atoms with van der Waals surface area (Å²) in [5.74, 6) is 0.106. The summed E-state index contributed by atoms with van der Waals surface area (Å²) in [5.41, 5.74) is 1.42. The van der Waals surface area contributed by atoms with Crippen molar-refractivity contribution >= 4 is 31.5 Å². The normalized spacial score (nSPS) is 13.8. The number of aliphatic hydroxyl groups excluding tert-OH is 1. The molecular formula is C33H46N2O8Si. The van der Waals surface area contributed by atoms with Crippen molar-refractivity contribution in [3.63, 3.8) is 0 Å². The van der Waals surface area contributed by atoms with Gasteiger partial charge in [-0.2, -0.15) is 0 Å². The Morgan fingerprint density at radius 3 is 2.25 bits per heavy atom. The highest BCUT2D eigenvalue weighted by Crippen LogP contribution is 2.42. The maximum Gasteiger partial charge on any atom is 0.514 e. The number of fused-ring (bicyclic) bond motifs is 1. The fourth-order valence-corrected chi connectivity index (χ4v) is 5.90. The predicted molar refractivity (Wildman–Crippen MR) is 173 cm³/mol. The molecule has 2 atom stereocenters.